The van der Waals surface area contributed by atoms with Gasteiger partial charge >= 0.3 is 0 Å². The third kappa shape index (κ3) is 4.91. The van der Waals surface area contributed by atoms with E-state index in [0.29, 0.717) is 21.8 Å². The summed E-state index contributed by atoms with van der Waals surface area (Å²) in [5.74, 6) is 1.17. The van der Waals surface area contributed by atoms with Crippen LogP contribution in [0.3, 0.4) is 0 Å². The molecule has 2 heterocycles. The predicted octanol–water partition coefficient (Wildman–Crippen LogP) is 5.03. The third-order valence-electron chi connectivity index (χ3n) is 5.15. The number of nitrogens with zero attached hydrogens (tertiary/aromatic N) is 6. The van der Waals surface area contributed by atoms with E-state index >= 15 is 0 Å². The molecule has 0 spiro atoms. The Labute approximate surface area is 200 Å². The van der Waals surface area contributed by atoms with Crippen LogP contribution in [0.25, 0.3) is 5.69 Å². The Morgan fingerprint density at radius 1 is 1.15 bits per heavy atom. The predicted molar refractivity (Wildman–Crippen MR) is 131 cm³/mol. The number of aryl methyl sites for hydroxylation is 3. The fourth-order valence-corrected chi connectivity index (χ4v) is 5.05. The number of aromatic nitrogens is 5. The second-order valence-corrected chi connectivity index (χ2v) is 9.36. The third-order valence-corrected chi connectivity index (χ3v) is 6.97. The number of anilines is 2. The molecule has 0 atom stereocenters. The van der Waals surface area contributed by atoms with E-state index in [-0.39, 0.29) is 5.91 Å². The average Bonchev–Trinajstić information content (AvgIpc) is 3.44. The summed E-state index contributed by atoms with van der Waals surface area (Å²) in [7, 11) is 1.62. The van der Waals surface area contributed by atoms with Crippen LogP contribution >= 0.6 is 23.1 Å². The number of methoxy groups -OCH3 is 1. The molecule has 2 aromatic heterocycles. The normalized spacial score (nSPS) is 10.9. The Morgan fingerprint density at radius 2 is 1.97 bits per heavy atom. The summed E-state index contributed by atoms with van der Waals surface area (Å²) in [5, 5.41) is 15.4. The van der Waals surface area contributed by atoms with Crippen LogP contribution in [0, 0.1) is 20.8 Å². The molecule has 4 rings (SSSR count). The first-order valence-corrected chi connectivity index (χ1v) is 12.1. The highest BCUT2D eigenvalue weighted by molar-refractivity contribution is 7.98. The van der Waals surface area contributed by atoms with Gasteiger partial charge in [0.25, 0.3) is 0 Å². The number of rotatable bonds is 7. The van der Waals surface area contributed by atoms with Crippen molar-refractivity contribution in [2.24, 2.45) is 0 Å². The maximum atomic E-state index is 12.4. The summed E-state index contributed by atoms with van der Waals surface area (Å²) in [4.78, 5) is 18.8. The first-order chi connectivity index (χ1) is 15.9. The zero-order valence-electron chi connectivity index (χ0n) is 19.1. The van der Waals surface area contributed by atoms with Crippen molar-refractivity contribution in [1.82, 2.24) is 25.2 Å². The maximum Gasteiger partial charge on any atom is 0.230 e. The van der Waals surface area contributed by atoms with Gasteiger partial charge in [-0.2, -0.15) is 4.68 Å². The van der Waals surface area contributed by atoms with E-state index in [1.54, 1.807) is 23.6 Å². The van der Waals surface area contributed by atoms with Crippen LogP contribution < -0.4 is 9.64 Å². The van der Waals surface area contributed by atoms with E-state index in [1.165, 1.54) is 28.7 Å². The molecule has 0 fully saturated rings. The van der Waals surface area contributed by atoms with Gasteiger partial charge in [-0.25, -0.2) is 4.98 Å². The molecule has 0 saturated heterocycles. The molecule has 0 aliphatic heterocycles. The molecule has 10 heteroatoms. The standard InChI is InChI=1S/C23H24N6O2S2/c1-14-6-9-21(31-5)20(10-14)29-23(25-26-27-29)33-13-18-12-32-22(24-18)28(17(4)30)19-8-7-15(2)16(3)11-19/h6-12H,13H2,1-5H3. The quantitative estimate of drug-likeness (QED) is 0.343. The molecule has 0 aliphatic carbocycles. The minimum absolute atomic E-state index is 0.0812. The minimum Gasteiger partial charge on any atom is -0.494 e. The molecule has 0 saturated carbocycles. The van der Waals surface area contributed by atoms with Gasteiger partial charge in [0, 0.05) is 18.1 Å². The van der Waals surface area contributed by atoms with Crippen LogP contribution in [0.4, 0.5) is 10.8 Å². The van der Waals surface area contributed by atoms with Crippen LogP contribution in [-0.2, 0) is 10.5 Å². The van der Waals surface area contributed by atoms with E-state index in [0.717, 1.165) is 28.2 Å². The molecule has 4 aromatic rings. The van der Waals surface area contributed by atoms with Crippen LogP contribution in [0.1, 0.15) is 29.3 Å². The van der Waals surface area contributed by atoms with E-state index < -0.39 is 0 Å². The SMILES string of the molecule is COc1ccc(C)cc1-n1nnnc1SCc1csc(N(C(C)=O)c2ccc(C)c(C)c2)n1. The maximum absolute atomic E-state index is 12.4. The number of thiazole rings is 1. The van der Waals surface area contributed by atoms with Crippen molar-refractivity contribution in [3.05, 3.63) is 64.2 Å². The van der Waals surface area contributed by atoms with Crippen molar-refractivity contribution in [2.45, 2.75) is 38.6 Å². The summed E-state index contributed by atoms with van der Waals surface area (Å²) in [6, 6.07) is 11.8. The second-order valence-electron chi connectivity index (χ2n) is 7.58. The first kappa shape index (κ1) is 22.9. The van der Waals surface area contributed by atoms with E-state index in [1.807, 2.05) is 55.6 Å². The van der Waals surface area contributed by atoms with Crippen molar-refractivity contribution in [3.8, 4) is 11.4 Å². The number of thioether (sulfide) groups is 1. The van der Waals surface area contributed by atoms with Gasteiger partial charge in [0.15, 0.2) is 5.13 Å². The molecule has 0 unspecified atom stereocenters. The molecular formula is C23H24N6O2S2. The van der Waals surface area contributed by atoms with Crippen molar-refractivity contribution in [1.29, 1.82) is 0 Å². The number of ether oxygens (including phenoxy) is 1. The van der Waals surface area contributed by atoms with Gasteiger partial charge in [0.05, 0.1) is 18.5 Å². The molecule has 170 valence electrons. The molecule has 0 N–H and O–H groups in total. The van der Waals surface area contributed by atoms with Gasteiger partial charge in [-0.15, -0.1) is 16.4 Å². The molecular weight excluding hydrogens is 456 g/mol. The highest BCUT2D eigenvalue weighted by atomic mass is 32.2. The number of hydrogen-bond acceptors (Lipinski definition) is 8. The molecule has 0 radical (unpaired) electrons. The summed E-state index contributed by atoms with van der Waals surface area (Å²) >= 11 is 2.91. The van der Waals surface area contributed by atoms with Crippen molar-refractivity contribution in [3.63, 3.8) is 0 Å². The lowest BCUT2D eigenvalue weighted by Crippen LogP contribution is -2.22. The largest absolute Gasteiger partial charge is 0.494 e. The highest BCUT2D eigenvalue weighted by Gasteiger charge is 2.19. The highest BCUT2D eigenvalue weighted by Crippen LogP contribution is 2.33. The number of tetrazole rings is 1. The fourth-order valence-electron chi connectivity index (χ4n) is 3.28. The van der Waals surface area contributed by atoms with Crippen LogP contribution in [-0.4, -0.2) is 38.2 Å². The van der Waals surface area contributed by atoms with E-state index in [2.05, 4.69) is 22.4 Å². The van der Waals surface area contributed by atoms with Gasteiger partial charge in [-0.3, -0.25) is 9.69 Å². The van der Waals surface area contributed by atoms with Gasteiger partial charge in [0.1, 0.15) is 11.4 Å². The summed E-state index contributed by atoms with van der Waals surface area (Å²) < 4.78 is 7.15. The monoisotopic (exact) mass is 480 g/mol. The minimum atomic E-state index is -0.0812. The number of carbonyl (C=O) groups excluding carboxylic acids is 1. The van der Waals surface area contributed by atoms with Gasteiger partial charge < -0.3 is 4.74 Å². The molecule has 33 heavy (non-hydrogen) atoms. The van der Waals surface area contributed by atoms with Crippen LogP contribution in [0.5, 0.6) is 5.75 Å². The summed E-state index contributed by atoms with van der Waals surface area (Å²) in [6.07, 6.45) is 0. The van der Waals surface area contributed by atoms with Crippen LogP contribution in [0.2, 0.25) is 0 Å². The van der Waals surface area contributed by atoms with Gasteiger partial charge in [-0.05, 0) is 72.2 Å². The lowest BCUT2D eigenvalue weighted by Gasteiger charge is -2.19. The number of amides is 1. The smallest absolute Gasteiger partial charge is 0.230 e. The van der Waals surface area contributed by atoms with Crippen molar-refractivity contribution in [2.75, 3.05) is 12.0 Å². The zero-order chi connectivity index (χ0) is 23.5. The van der Waals surface area contributed by atoms with Crippen molar-refractivity contribution < 1.29 is 9.53 Å². The van der Waals surface area contributed by atoms with E-state index in [9.17, 15) is 4.79 Å². The molecule has 8 nitrogen and oxygen atoms in total. The Morgan fingerprint density at radius 3 is 2.70 bits per heavy atom. The average molecular weight is 481 g/mol. The van der Waals surface area contributed by atoms with Gasteiger partial charge in [-0.1, -0.05) is 23.9 Å². The molecule has 0 aliphatic rings. The fraction of sp³-hybridized carbons (Fsp3) is 0.261. The molecule has 1 amide bonds. The zero-order valence-corrected chi connectivity index (χ0v) is 20.7. The summed E-state index contributed by atoms with van der Waals surface area (Å²) in [5.41, 5.74) is 5.83. The second kappa shape index (κ2) is 9.72. The van der Waals surface area contributed by atoms with Crippen LogP contribution in [0.15, 0.2) is 46.9 Å². The molecule has 0 bridgehead atoms. The Bertz CT molecular complexity index is 1300. The lowest BCUT2D eigenvalue weighted by atomic mass is 10.1. The van der Waals surface area contributed by atoms with E-state index in [4.69, 9.17) is 9.72 Å². The first-order valence-electron chi connectivity index (χ1n) is 10.3. The Balaban J connectivity index is 1.55. The number of benzene rings is 2. The van der Waals surface area contributed by atoms with Gasteiger partial charge in [0.2, 0.25) is 11.1 Å². The molecule has 2 aromatic carbocycles. The van der Waals surface area contributed by atoms with Crippen molar-refractivity contribution >= 4 is 39.8 Å². The number of hydrogen-bond donors (Lipinski definition) is 0. The number of carbonyl (C=O) groups is 1. The Kier molecular flexibility index (Phi) is 6.75. The Hall–Kier alpha value is -3.24. The summed E-state index contributed by atoms with van der Waals surface area (Å²) in [6.45, 7) is 7.64. The lowest BCUT2D eigenvalue weighted by molar-refractivity contribution is -0.115. The topological polar surface area (TPSA) is 86.0 Å².